The van der Waals surface area contributed by atoms with Crippen molar-refractivity contribution in [3.63, 3.8) is 0 Å². The van der Waals surface area contributed by atoms with Crippen LogP contribution >= 0.6 is 11.6 Å². The number of rotatable bonds is 4. The van der Waals surface area contributed by atoms with E-state index >= 15 is 0 Å². The smallest absolute Gasteiger partial charge is 0.323 e. The molecule has 0 radical (unpaired) electrons. The first kappa shape index (κ1) is 18.1. The zero-order valence-electron chi connectivity index (χ0n) is 15.3. The van der Waals surface area contributed by atoms with Crippen LogP contribution in [0.15, 0.2) is 57.9 Å². The zero-order chi connectivity index (χ0) is 20.0. The minimum Gasteiger partial charge on any atom is -0.480 e. The number of carboxylic acid groups (broad SMARTS) is 1. The minimum absolute atomic E-state index is 0.169. The van der Waals surface area contributed by atoms with E-state index in [-0.39, 0.29) is 12.0 Å². The van der Waals surface area contributed by atoms with Crippen LogP contribution in [0.3, 0.4) is 0 Å². The van der Waals surface area contributed by atoms with Crippen molar-refractivity contribution in [1.29, 1.82) is 0 Å². The topological polar surface area (TPSA) is 75.7 Å². The second kappa shape index (κ2) is 6.73. The Kier molecular flexibility index (Phi) is 4.35. The van der Waals surface area contributed by atoms with E-state index in [0.717, 1.165) is 5.56 Å². The van der Waals surface area contributed by atoms with Crippen LogP contribution in [0.4, 0.5) is 5.69 Å². The monoisotopic (exact) mass is 396 g/mol. The predicted octanol–water partition coefficient (Wildman–Crippen LogP) is 4.22. The Labute approximate surface area is 165 Å². The third kappa shape index (κ3) is 2.82. The van der Waals surface area contributed by atoms with E-state index in [2.05, 4.69) is 0 Å². The highest BCUT2D eigenvalue weighted by molar-refractivity contribution is 6.35. The molecular weight excluding hydrogens is 380 g/mol. The Morgan fingerprint density at radius 2 is 1.93 bits per heavy atom. The average molecular weight is 397 g/mol. The summed E-state index contributed by atoms with van der Waals surface area (Å²) >= 11 is 6.40. The van der Waals surface area contributed by atoms with Crippen LogP contribution in [-0.4, -0.2) is 29.7 Å². The summed E-state index contributed by atoms with van der Waals surface area (Å²) in [4.78, 5) is 26.6. The summed E-state index contributed by atoms with van der Waals surface area (Å²) in [5.41, 5.74) is 2.19. The number of halogens is 1. The summed E-state index contributed by atoms with van der Waals surface area (Å²) in [6, 6.07) is 12.2. The van der Waals surface area contributed by atoms with Gasteiger partial charge >= 0.3 is 5.97 Å². The van der Waals surface area contributed by atoms with Gasteiger partial charge in [0.2, 0.25) is 0 Å². The Balaban J connectivity index is 2.21. The molecule has 0 fully saturated rings. The van der Waals surface area contributed by atoms with Gasteiger partial charge in [0.25, 0.3) is 0 Å². The van der Waals surface area contributed by atoms with Gasteiger partial charge in [-0.25, -0.2) is 0 Å². The van der Waals surface area contributed by atoms with Crippen molar-refractivity contribution in [2.75, 3.05) is 19.0 Å². The molecule has 0 aliphatic rings. The molecular formula is C21H17ClN2O4. The second-order valence-corrected chi connectivity index (χ2v) is 7.11. The number of furan rings is 1. The van der Waals surface area contributed by atoms with Crippen molar-refractivity contribution < 1.29 is 14.3 Å². The summed E-state index contributed by atoms with van der Waals surface area (Å²) in [6.07, 6.45) is 1.56. The minimum atomic E-state index is -1.01. The quantitative estimate of drug-likeness (QED) is 0.523. The number of anilines is 1. The van der Waals surface area contributed by atoms with Gasteiger partial charge in [0.1, 0.15) is 12.3 Å². The molecule has 0 saturated heterocycles. The summed E-state index contributed by atoms with van der Waals surface area (Å²) in [5.74, 6) is -0.380. The Hall–Kier alpha value is -3.25. The number of pyridine rings is 1. The Morgan fingerprint density at radius 3 is 2.57 bits per heavy atom. The number of fused-ring (bicyclic) bond motifs is 2. The molecule has 2 heterocycles. The molecule has 0 unspecified atom stereocenters. The van der Waals surface area contributed by atoms with Crippen molar-refractivity contribution in [2.24, 2.45) is 0 Å². The molecule has 0 atom stereocenters. The Morgan fingerprint density at radius 1 is 1.18 bits per heavy atom. The first-order chi connectivity index (χ1) is 13.4. The van der Waals surface area contributed by atoms with E-state index < -0.39 is 5.97 Å². The highest BCUT2D eigenvalue weighted by Crippen LogP contribution is 2.35. The average Bonchev–Trinajstić information content (AvgIpc) is 3.18. The van der Waals surface area contributed by atoms with Gasteiger partial charge in [0.15, 0.2) is 5.43 Å². The molecule has 0 aliphatic carbocycles. The van der Waals surface area contributed by atoms with Crippen molar-refractivity contribution in [3.8, 4) is 11.3 Å². The largest absolute Gasteiger partial charge is 0.480 e. The van der Waals surface area contributed by atoms with Crippen LogP contribution in [-0.2, 0) is 11.3 Å². The van der Waals surface area contributed by atoms with Gasteiger partial charge < -0.3 is 19.0 Å². The number of aliphatic carboxylic acids is 1. The van der Waals surface area contributed by atoms with E-state index in [1.807, 2.05) is 6.07 Å². The molecule has 4 aromatic rings. The van der Waals surface area contributed by atoms with Crippen molar-refractivity contribution >= 4 is 45.1 Å². The number of carbonyl (C=O) groups is 1. The van der Waals surface area contributed by atoms with Crippen LogP contribution in [0.2, 0.25) is 5.02 Å². The van der Waals surface area contributed by atoms with E-state index in [4.69, 9.17) is 16.0 Å². The Bertz CT molecular complexity index is 1270. The first-order valence-corrected chi connectivity index (χ1v) is 8.98. The number of carboxylic acids is 1. The van der Waals surface area contributed by atoms with Crippen LogP contribution in [0.25, 0.3) is 33.1 Å². The standard InChI is InChI=1S/C21H17ClN2O4/c1-23(2)20-15(22)8-7-14-19(20)24(11-18(25)26)16-10-12(17-4-3-9-28-17)5-6-13(16)21(14)27/h3-10H,11H2,1-2H3,(H,25,26). The molecule has 0 amide bonds. The number of nitrogens with zero attached hydrogens (tertiary/aromatic N) is 2. The lowest BCUT2D eigenvalue weighted by Crippen LogP contribution is -2.19. The van der Waals surface area contributed by atoms with Gasteiger partial charge in [-0.1, -0.05) is 17.7 Å². The highest BCUT2D eigenvalue weighted by Gasteiger charge is 2.19. The number of benzene rings is 2. The number of hydrogen-bond acceptors (Lipinski definition) is 4. The van der Waals surface area contributed by atoms with Gasteiger partial charge in [-0.3, -0.25) is 9.59 Å². The van der Waals surface area contributed by atoms with Gasteiger partial charge in [0.05, 0.1) is 28.0 Å². The first-order valence-electron chi connectivity index (χ1n) is 8.60. The van der Waals surface area contributed by atoms with E-state index in [0.29, 0.717) is 38.3 Å². The third-order valence-corrected chi connectivity index (χ3v) is 5.00. The van der Waals surface area contributed by atoms with Crippen molar-refractivity contribution in [2.45, 2.75) is 6.54 Å². The van der Waals surface area contributed by atoms with Gasteiger partial charge in [-0.15, -0.1) is 0 Å². The van der Waals surface area contributed by atoms with Crippen LogP contribution in [0, 0.1) is 0 Å². The molecule has 0 saturated carbocycles. The van der Waals surface area contributed by atoms with Crippen LogP contribution in [0.1, 0.15) is 0 Å². The highest BCUT2D eigenvalue weighted by atomic mass is 35.5. The molecule has 1 N–H and O–H groups in total. The molecule has 2 aromatic heterocycles. The van der Waals surface area contributed by atoms with E-state index in [9.17, 15) is 14.7 Å². The number of hydrogen-bond donors (Lipinski definition) is 1. The molecule has 7 heteroatoms. The third-order valence-electron chi connectivity index (χ3n) is 4.70. The lowest BCUT2D eigenvalue weighted by Gasteiger charge is -2.22. The van der Waals surface area contributed by atoms with Crippen LogP contribution in [0.5, 0.6) is 0 Å². The summed E-state index contributed by atoms with van der Waals surface area (Å²) in [6.45, 7) is -0.309. The molecule has 6 nitrogen and oxygen atoms in total. The fraction of sp³-hybridized carbons (Fsp3) is 0.143. The van der Waals surface area contributed by atoms with Gasteiger partial charge in [-0.2, -0.15) is 0 Å². The molecule has 142 valence electrons. The maximum absolute atomic E-state index is 13.2. The molecule has 4 rings (SSSR count). The molecule has 0 aliphatic heterocycles. The lowest BCUT2D eigenvalue weighted by atomic mass is 10.0. The van der Waals surface area contributed by atoms with E-state index in [1.165, 1.54) is 0 Å². The predicted molar refractivity (Wildman–Crippen MR) is 110 cm³/mol. The molecule has 2 aromatic carbocycles. The molecule has 28 heavy (non-hydrogen) atoms. The summed E-state index contributed by atoms with van der Waals surface area (Å²) < 4.78 is 7.08. The normalized spacial score (nSPS) is 11.2. The lowest BCUT2D eigenvalue weighted by molar-refractivity contribution is -0.137. The summed E-state index contributed by atoms with van der Waals surface area (Å²) in [5, 5.41) is 10.8. The summed E-state index contributed by atoms with van der Waals surface area (Å²) in [7, 11) is 3.61. The van der Waals surface area contributed by atoms with Gasteiger partial charge in [-0.05, 0) is 36.4 Å². The maximum atomic E-state index is 13.2. The fourth-order valence-corrected chi connectivity index (χ4v) is 3.87. The zero-order valence-corrected chi connectivity index (χ0v) is 16.0. The van der Waals surface area contributed by atoms with Crippen molar-refractivity contribution in [3.05, 3.63) is 64.0 Å². The van der Waals surface area contributed by atoms with Gasteiger partial charge in [0, 0.05) is 30.4 Å². The fourth-order valence-electron chi connectivity index (χ4n) is 3.54. The molecule has 0 spiro atoms. The maximum Gasteiger partial charge on any atom is 0.323 e. The second-order valence-electron chi connectivity index (χ2n) is 6.70. The van der Waals surface area contributed by atoms with E-state index in [1.54, 1.807) is 66.2 Å². The molecule has 0 bridgehead atoms. The number of aromatic nitrogens is 1. The van der Waals surface area contributed by atoms with Crippen molar-refractivity contribution in [1.82, 2.24) is 4.57 Å². The van der Waals surface area contributed by atoms with Crippen LogP contribution < -0.4 is 10.3 Å². The SMILES string of the molecule is CN(C)c1c(Cl)ccc2c(=O)c3ccc(-c4ccco4)cc3n(CC(=O)O)c12.